The monoisotopic (exact) mass is 350 g/mol. The summed E-state index contributed by atoms with van der Waals surface area (Å²) in [5.41, 5.74) is 9.81. The molecule has 0 heterocycles. The maximum atomic E-state index is 9.54. The Hall–Kier alpha value is 1.29. The first-order valence-corrected chi connectivity index (χ1v) is 5.14. The largest absolute Gasteiger partial charge is 1.00 e. The minimum Gasteiger partial charge on any atom is -0.550 e. The normalized spacial score (nSPS) is 7.91. The molecule has 12 heteroatoms. The summed E-state index contributed by atoms with van der Waals surface area (Å²) in [6, 6.07) is 0. The summed E-state index contributed by atoms with van der Waals surface area (Å²) in [6.45, 7) is 4.54. The molecule has 0 aliphatic rings. The molecule has 22 heavy (non-hydrogen) atoms. The van der Waals surface area contributed by atoms with Gasteiger partial charge < -0.3 is 46.3 Å². The topological polar surface area (TPSA) is 193 Å². The van der Waals surface area contributed by atoms with Gasteiger partial charge in [-0.25, -0.2) is 0 Å². The van der Waals surface area contributed by atoms with E-state index in [4.69, 9.17) is 36.4 Å². The van der Waals surface area contributed by atoms with E-state index in [1.165, 1.54) is 6.92 Å². The van der Waals surface area contributed by atoms with Crippen molar-refractivity contribution in [2.24, 2.45) is 11.5 Å². The molecule has 5 N–H and O–H groups in total. The van der Waals surface area contributed by atoms with Crippen molar-refractivity contribution in [2.45, 2.75) is 33.3 Å². The maximum absolute atomic E-state index is 9.54. The number of hydrogen-bond donors (Lipinski definition) is 3. The zero-order valence-corrected chi connectivity index (χ0v) is 20.3. The molecule has 0 amide bonds. The van der Waals surface area contributed by atoms with E-state index >= 15 is 0 Å². The molecule has 0 rings (SSSR count). The molecular weight excluding hydrogens is 329 g/mol. The zero-order chi connectivity index (χ0) is 16.4. The molecule has 0 aromatic heterocycles. The van der Waals surface area contributed by atoms with Crippen molar-refractivity contribution in [3.8, 4) is 0 Å². The standard InChI is InChI=1S/C4H8O3.C2H8N2.2C2H4O2.3Na/c1-3(5)2-4(6)7;3-1-2-4;2*1-2(3)4;;;/h3,5H,2H2,1H3,(H,6,7);1-4H2;2*1H3,(H,3,4);;;/q;;;;3*+1/p-3. The molecule has 0 radical (unpaired) electrons. The summed E-state index contributed by atoms with van der Waals surface area (Å²) < 4.78 is 0. The second kappa shape index (κ2) is 38.1. The van der Waals surface area contributed by atoms with Crippen molar-refractivity contribution in [3.05, 3.63) is 0 Å². The summed E-state index contributed by atoms with van der Waals surface area (Å²) in [5, 5.41) is 35.6. The molecule has 0 aromatic rings. The second-order valence-corrected chi connectivity index (χ2v) is 2.99. The Bertz CT molecular complexity index is 223. The summed E-state index contributed by atoms with van der Waals surface area (Å²) in [7, 11) is 0. The Morgan fingerprint density at radius 2 is 1.09 bits per heavy atom. The van der Waals surface area contributed by atoms with Crippen LogP contribution in [-0.4, -0.2) is 42.2 Å². The van der Waals surface area contributed by atoms with Gasteiger partial charge in [0.2, 0.25) is 0 Å². The number of carboxylic acid groups (broad SMARTS) is 3. The molecule has 1 atom stereocenters. The maximum Gasteiger partial charge on any atom is 1.00 e. The van der Waals surface area contributed by atoms with Gasteiger partial charge in [-0.2, -0.15) is 0 Å². The summed E-state index contributed by atoms with van der Waals surface area (Å²) in [4.78, 5) is 27.3. The van der Waals surface area contributed by atoms with Crippen molar-refractivity contribution in [1.82, 2.24) is 0 Å². The third kappa shape index (κ3) is 222. The van der Waals surface area contributed by atoms with Crippen LogP contribution in [0.4, 0.5) is 0 Å². The van der Waals surface area contributed by atoms with Crippen LogP contribution in [0.5, 0.6) is 0 Å². The number of rotatable bonds is 3. The van der Waals surface area contributed by atoms with Gasteiger partial charge in [-0.05, 0) is 20.8 Å². The van der Waals surface area contributed by atoms with Crippen LogP contribution in [0.15, 0.2) is 0 Å². The van der Waals surface area contributed by atoms with Crippen LogP contribution in [0.1, 0.15) is 27.2 Å². The number of aliphatic hydroxyl groups excluding tert-OH is 1. The van der Waals surface area contributed by atoms with Crippen molar-refractivity contribution in [2.75, 3.05) is 13.1 Å². The fourth-order valence-corrected chi connectivity index (χ4v) is 0.241. The van der Waals surface area contributed by atoms with Crippen LogP contribution < -0.4 is 115 Å². The summed E-state index contributed by atoms with van der Waals surface area (Å²) >= 11 is 0. The Balaban J connectivity index is -0.0000000270. The van der Waals surface area contributed by atoms with Crippen LogP contribution in [-0.2, 0) is 14.4 Å². The first-order chi connectivity index (χ1) is 8.50. The first-order valence-electron chi connectivity index (χ1n) is 5.14. The predicted molar refractivity (Wildman–Crippen MR) is 60.8 cm³/mol. The number of hydrogen-bond acceptors (Lipinski definition) is 9. The van der Waals surface area contributed by atoms with E-state index in [0.717, 1.165) is 13.8 Å². The van der Waals surface area contributed by atoms with Gasteiger partial charge in [0.15, 0.2) is 0 Å². The van der Waals surface area contributed by atoms with Crippen LogP contribution in [0.2, 0.25) is 0 Å². The van der Waals surface area contributed by atoms with E-state index in [1.807, 2.05) is 0 Å². The molecule has 0 fully saturated rings. The summed E-state index contributed by atoms with van der Waals surface area (Å²) in [6.07, 6.45) is -1.06. The average molecular weight is 350 g/mol. The Morgan fingerprint density at radius 3 is 1.09 bits per heavy atom. The predicted octanol–water partition coefficient (Wildman–Crippen LogP) is -14.1. The number of carbonyl (C=O) groups is 3. The molecule has 0 aliphatic carbocycles. The third-order valence-corrected chi connectivity index (χ3v) is 0.629. The number of aliphatic hydroxyl groups is 1. The minimum absolute atomic E-state index is 0. The van der Waals surface area contributed by atoms with E-state index in [1.54, 1.807) is 0 Å². The molecule has 1 unspecified atom stereocenters. The molecule has 116 valence electrons. The number of carbonyl (C=O) groups excluding carboxylic acids is 3. The van der Waals surface area contributed by atoms with Crippen LogP contribution in [0.25, 0.3) is 0 Å². The molecule has 0 spiro atoms. The van der Waals surface area contributed by atoms with Gasteiger partial charge in [0, 0.05) is 37.4 Å². The summed E-state index contributed by atoms with van der Waals surface area (Å²) in [5.74, 6) is -3.38. The van der Waals surface area contributed by atoms with Gasteiger partial charge in [0.1, 0.15) is 0 Å². The zero-order valence-electron chi connectivity index (χ0n) is 14.3. The van der Waals surface area contributed by atoms with Gasteiger partial charge in [0.25, 0.3) is 0 Å². The van der Waals surface area contributed by atoms with Crippen LogP contribution >= 0.6 is 0 Å². The van der Waals surface area contributed by atoms with Crippen molar-refractivity contribution in [3.63, 3.8) is 0 Å². The Kier molecular flexibility index (Phi) is 75.5. The van der Waals surface area contributed by atoms with Crippen molar-refractivity contribution < 1.29 is 123 Å². The quantitative estimate of drug-likeness (QED) is 0.414. The number of nitrogens with two attached hydrogens (primary N) is 2. The van der Waals surface area contributed by atoms with Crippen molar-refractivity contribution >= 4 is 17.9 Å². The van der Waals surface area contributed by atoms with Crippen molar-refractivity contribution in [1.29, 1.82) is 0 Å². The minimum atomic E-state index is -1.21. The first kappa shape index (κ1) is 43.6. The van der Waals surface area contributed by atoms with Crippen LogP contribution in [0, 0.1) is 0 Å². The van der Waals surface area contributed by atoms with E-state index in [0.29, 0.717) is 13.1 Å². The SMILES string of the molecule is CC(=O)[O-].CC(=O)[O-].CC(O)CC(=O)[O-].NCCN.[Na+].[Na+].[Na+]. The van der Waals surface area contributed by atoms with Crippen LogP contribution in [0.3, 0.4) is 0 Å². The van der Waals surface area contributed by atoms with Gasteiger partial charge in [-0.3, -0.25) is 0 Å². The molecule has 0 saturated heterocycles. The van der Waals surface area contributed by atoms with E-state index in [2.05, 4.69) is 0 Å². The van der Waals surface area contributed by atoms with Gasteiger partial charge in [-0.15, -0.1) is 0 Å². The molecule has 0 aromatic carbocycles. The number of carboxylic acids is 3. The fraction of sp³-hybridized carbons (Fsp3) is 0.700. The Labute approximate surface area is 197 Å². The second-order valence-electron chi connectivity index (χ2n) is 2.99. The molecule has 0 aliphatic heterocycles. The molecular formula is C10H21N2Na3O7. The fourth-order valence-electron chi connectivity index (χ4n) is 0.241. The number of aliphatic carboxylic acids is 3. The van der Waals surface area contributed by atoms with Gasteiger partial charge in [0.05, 0.1) is 6.10 Å². The molecule has 0 bridgehead atoms. The smallest absolute Gasteiger partial charge is 0.550 e. The van der Waals surface area contributed by atoms with E-state index in [-0.39, 0.29) is 95.1 Å². The average Bonchev–Trinajstić information content (AvgIpc) is 2.14. The van der Waals surface area contributed by atoms with E-state index < -0.39 is 24.0 Å². The van der Waals surface area contributed by atoms with Gasteiger partial charge >= 0.3 is 88.7 Å². The third-order valence-electron chi connectivity index (χ3n) is 0.629. The molecule has 0 saturated carbocycles. The van der Waals surface area contributed by atoms with Gasteiger partial charge in [-0.1, -0.05) is 0 Å². The Morgan fingerprint density at radius 1 is 0.909 bits per heavy atom. The molecule has 9 nitrogen and oxygen atoms in total. The van der Waals surface area contributed by atoms with E-state index in [9.17, 15) is 9.90 Å².